The van der Waals surface area contributed by atoms with Crippen molar-refractivity contribution in [1.82, 2.24) is 5.32 Å². The normalized spacial score (nSPS) is 17.6. The molecule has 2 amide bonds. The van der Waals surface area contributed by atoms with Crippen LogP contribution in [0.15, 0.2) is 0 Å². The summed E-state index contributed by atoms with van der Waals surface area (Å²) in [4.78, 5) is 22.9. The van der Waals surface area contributed by atoms with Crippen molar-refractivity contribution in [2.75, 3.05) is 5.32 Å². The number of hydrogen-bond acceptors (Lipinski definition) is 7. The number of rotatable bonds is 1. The molecule has 1 heterocycles. The molecule has 0 saturated heterocycles. The van der Waals surface area contributed by atoms with Crippen molar-refractivity contribution in [1.29, 1.82) is 0 Å². The van der Waals surface area contributed by atoms with Crippen LogP contribution in [0.2, 0.25) is 0 Å². The van der Waals surface area contributed by atoms with E-state index in [9.17, 15) is 24.9 Å². The number of aromatic hydroxyl groups is 3. The van der Waals surface area contributed by atoms with Crippen LogP contribution in [-0.4, -0.2) is 33.4 Å². The first-order valence-electron chi connectivity index (χ1n) is 4.78. The highest BCUT2D eigenvalue weighted by Gasteiger charge is 2.34. The minimum Gasteiger partial charge on any atom is -0.504 e. The molecular formula is C9H10N4O5. The highest BCUT2D eigenvalue weighted by Crippen LogP contribution is 2.47. The molecule has 1 aliphatic rings. The molecule has 96 valence electrons. The summed E-state index contributed by atoms with van der Waals surface area (Å²) in [6.07, 6.45) is -1.01. The standard InChI is InChI=1S/C9H10N4O5/c10-7(17)2-1-3(5(15)6(16)4(2)14)12-9(11)13-8(1)18/h9,12,14-16H,11H2,(H2,10,17)(H,13,18). The van der Waals surface area contributed by atoms with E-state index in [0.717, 1.165) is 0 Å². The van der Waals surface area contributed by atoms with Gasteiger partial charge in [0, 0.05) is 0 Å². The number of fused-ring (bicyclic) bond motifs is 1. The van der Waals surface area contributed by atoms with Crippen LogP contribution < -0.4 is 22.1 Å². The lowest BCUT2D eigenvalue weighted by Crippen LogP contribution is -2.51. The lowest BCUT2D eigenvalue weighted by atomic mass is 9.99. The lowest BCUT2D eigenvalue weighted by Gasteiger charge is -2.27. The average Bonchev–Trinajstić information content (AvgIpc) is 2.27. The van der Waals surface area contributed by atoms with Gasteiger partial charge in [-0.05, 0) is 0 Å². The number of nitrogens with two attached hydrogens (primary N) is 2. The molecule has 0 saturated carbocycles. The zero-order valence-corrected chi connectivity index (χ0v) is 8.89. The molecule has 9 N–H and O–H groups in total. The first kappa shape index (κ1) is 11.8. The average molecular weight is 254 g/mol. The SMILES string of the molecule is NC(=O)c1c(O)c(O)c(O)c2c1C(=O)NC(N)N2. The van der Waals surface area contributed by atoms with Gasteiger partial charge in [0.2, 0.25) is 5.75 Å². The van der Waals surface area contributed by atoms with E-state index < -0.39 is 40.9 Å². The molecule has 18 heavy (non-hydrogen) atoms. The number of nitrogens with one attached hydrogen (secondary N) is 2. The van der Waals surface area contributed by atoms with E-state index in [1.807, 2.05) is 0 Å². The quantitative estimate of drug-likeness (QED) is 0.231. The smallest absolute Gasteiger partial charge is 0.257 e. The Morgan fingerprint density at radius 2 is 1.72 bits per heavy atom. The van der Waals surface area contributed by atoms with Crippen molar-refractivity contribution < 1.29 is 24.9 Å². The van der Waals surface area contributed by atoms with Crippen LogP contribution in [-0.2, 0) is 0 Å². The Morgan fingerprint density at radius 3 is 2.28 bits per heavy atom. The number of carbonyl (C=O) groups excluding carboxylic acids is 2. The van der Waals surface area contributed by atoms with Crippen molar-refractivity contribution in [3.8, 4) is 17.2 Å². The lowest BCUT2D eigenvalue weighted by molar-refractivity contribution is 0.0919. The van der Waals surface area contributed by atoms with Gasteiger partial charge in [-0.1, -0.05) is 0 Å². The van der Waals surface area contributed by atoms with Gasteiger partial charge in [-0.15, -0.1) is 0 Å². The highest BCUT2D eigenvalue weighted by atomic mass is 16.3. The summed E-state index contributed by atoms with van der Waals surface area (Å²) in [7, 11) is 0. The molecule has 0 aliphatic carbocycles. The minimum atomic E-state index is -1.13. The molecule has 1 atom stereocenters. The fourth-order valence-electron chi connectivity index (χ4n) is 1.72. The number of hydrogen-bond donors (Lipinski definition) is 7. The van der Waals surface area contributed by atoms with Crippen molar-refractivity contribution >= 4 is 17.5 Å². The van der Waals surface area contributed by atoms with Crippen molar-refractivity contribution in [3.05, 3.63) is 11.1 Å². The van der Waals surface area contributed by atoms with Crippen LogP contribution in [0.3, 0.4) is 0 Å². The Kier molecular flexibility index (Phi) is 2.40. The molecule has 2 rings (SSSR count). The molecule has 0 fully saturated rings. The second kappa shape index (κ2) is 3.67. The number of phenols is 3. The molecule has 1 unspecified atom stereocenters. The first-order valence-corrected chi connectivity index (χ1v) is 4.78. The maximum Gasteiger partial charge on any atom is 0.257 e. The third kappa shape index (κ3) is 1.45. The second-order valence-corrected chi connectivity index (χ2v) is 3.63. The maximum atomic E-state index is 11.7. The number of primary amides is 1. The van der Waals surface area contributed by atoms with Crippen molar-refractivity contribution in [3.63, 3.8) is 0 Å². The summed E-state index contributed by atoms with van der Waals surface area (Å²) >= 11 is 0. The molecule has 9 nitrogen and oxygen atoms in total. The number of phenolic OH excluding ortho intramolecular Hbond substituents is 2. The Morgan fingerprint density at radius 1 is 1.11 bits per heavy atom. The van der Waals surface area contributed by atoms with Gasteiger partial charge in [-0.3, -0.25) is 15.3 Å². The van der Waals surface area contributed by atoms with Crippen molar-refractivity contribution in [2.45, 2.75) is 6.29 Å². The van der Waals surface area contributed by atoms with Gasteiger partial charge in [0.15, 0.2) is 17.8 Å². The third-order valence-corrected chi connectivity index (χ3v) is 2.48. The van der Waals surface area contributed by atoms with Crippen LogP contribution in [0, 0.1) is 0 Å². The Balaban J connectivity index is 2.85. The summed E-state index contributed by atoms with van der Waals surface area (Å²) in [5, 5.41) is 33.2. The predicted octanol–water partition coefficient (Wildman–Crippen LogP) is -1.70. The van der Waals surface area contributed by atoms with Crippen LogP contribution in [0.4, 0.5) is 5.69 Å². The van der Waals surface area contributed by atoms with Gasteiger partial charge in [-0.2, -0.15) is 0 Å². The van der Waals surface area contributed by atoms with Gasteiger partial charge < -0.3 is 31.7 Å². The predicted molar refractivity (Wildman–Crippen MR) is 59.0 cm³/mol. The van der Waals surface area contributed by atoms with E-state index in [1.165, 1.54) is 0 Å². The van der Waals surface area contributed by atoms with E-state index in [4.69, 9.17) is 11.5 Å². The summed E-state index contributed by atoms with van der Waals surface area (Å²) in [5.74, 6) is -4.66. The van der Waals surface area contributed by atoms with E-state index in [1.54, 1.807) is 0 Å². The number of benzene rings is 1. The summed E-state index contributed by atoms with van der Waals surface area (Å²) in [6.45, 7) is 0. The van der Waals surface area contributed by atoms with Gasteiger partial charge in [0.25, 0.3) is 11.8 Å². The molecule has 0 radical (unpaired) electrons. The van der Waals surface area contributed by atoms with Crippen LogP contribution >= 0.6 is 0 Å². The summed E-state index contributed by atoms with van der Waals surface area (Å²) in [5.41, 5.74) is 9.19. The summed E-state index contributed by atoms with van der Waals surface area (Å²) < 4.78 is 0. The largest absolute Gasteiger partial charge is 0.504 e. The van der Waals surface area contributed by atoms with Gasteiger partial charge in [0.1, 0.15) is 0 Å². The van der Waals surface area contributed by atoms with E-state index in [-0.39, 0.29) is 11.3 Å². The van der Waals surface area contributed by atoms with Crippen LogP contribution in [0.25, 0.3) is 0 Å². The van der Waals surface area contributed by atoms with Gasteiger partial charge in [-0.25, -0.2) is 0 Å². The molecule has 0 spiro atoms. The van der Waals surface area contributed by atoms with Crippen molar-refractivity contribution in [2.24, 2.45) is 11.5 Å². The topological polar surface area (TPSA) is 171 Å². The minimum absolute atomic E-state index is 0.268. The molecule has 1 aromatic carbocycles. The zero-order chi connectivity index (χ0) is 13.6. The molecule has 0 bridgehead atoms. The number of anilines is 1. The molecule has 1 aliphatic heterocycles. The Hall–Kier alpha value is -2.68. The first-order chi connectivity index (χ1) is 8.34. The maximum absolute atomic E-state index is 11.7. The Labute approximate surface area is 100 Å². The highest BCUT2D eigenvalue weighted by molar-refractivity contribution is 6.14. The fourth-order valence-corrected chi connectivity index (χ4v) is 1.72. The fraction of sp³-hybridized carbons (Fsp3) is 0.111. The third-order valence-electron chi connectivity index (χ3n) is 2.48. The molecule has 1 aromatic rings. The Bertz CT molecular complexity index is 571. The summed E-state index contributed by atoms with van der Waals surface area (Å²) in [6, 6.07) is 0. The zero-order valence-electron chi connectivity index (χ0n) is 8.89. The van der Waals surface area contributed by atoms with Crippen LogP contribution in [0.1, 0.15) is 20.7 Å². The number of carbonyl (C=O) groups is 2. The number of amides is 2. The van der Waals surface area contributed by atoms with E-state index in [0.29, 0.717) is 0 Å². The van der Waals surface area contributed by atoms with Gasteiger partial charge in [0.05, 0.1) is 16.8 Å². The van der Waals surface area contributed by atoms with E-state index >= 15 is 0 Å². The molecule has 9 heteroatoms. The van der Waals surface area contributed by atoms with E-state index in [2.05, 4.69) is 10.6 Å². The van der Waals surface area contributed by atoms with Crippen LogP contribution in [0.5, 0.6) is 17.2 Å². The molecular weight excluding hydrogens is 244 g/mol. The second-order valence-electron chi connectivity index (χ2n) is 3.63. The molecule has 0 aromatic heterocycles. The monoisotopic (exact) mass is 254 g/mol. The van der Waals surface area contributed by atoms with Gasteiger partial charge >= 0.3 is 0 Å².